The van der Waals surface area contributed by atoms with Gasteiger partial charge in [0, 0.05) is 25.9 Å². The number of methoxy groups -OCH3 is 1. The molecule has 0 saturated heterocycles. The SMILES string of the molecule is CCOc1cc(CN(C)CCOC)cc(C(CC)(Nc2ccc(C#N)cc2)C(=O)O)c1. The van der Waals surface area contributed by atoms with Crippen molar-refractivity contribution in [3.05, 3.63) is 59.2 Å². The first-order chi connectivity index (χ1) is 14.9. The predicted molar refractivity (Wildman–Crippen MR) is 120 cm³/mol. The molecule has 0 heterocycles. The molecule has 2 rings (SSSR count). The van der Waals surface area contributed by atoms with Gasteiger partial charge in [-0.05, 0) is 67.9 Å². The molecule has 31 heavy (non-hydrogen) atoms. The lowest BCUT2D eigenvalue weighted by molar-refractivity contribution is -0.142. The van der Waals surface area contributed by atoms with E-state index in [-0.39, 0.29) is 0 Å². The Morgan fingerprint density at radius 3 is 2.48 bits per heavy atom. The zero-order valence-corrected chi connectivity index (χ0v) is 18.6. The number of carboxylic acids is 1. The average molecular weight is 426 g/mol. The number of nitriles is 1. The van der Waals surface area contributed by atoms with E-state index in [1.54, 1.807) is 37.4 Å². The van der Waals surface area contributed by atoms with E-state index in [9.17, 15) is 9.90 Å². The molecule has 0 amide bonds. The van der Waals surface area contributed by atoms with Gasteiger partial charge in [-0.2, -0.15) is 5.26 Å². The number of nitrogens with zero attached hydrogens (tertiary/aromatic N) is 2. The first kappa shape index (κ1) is 24.2. The summed E-state index contributed by atoms with van der Waals surface area (Å²) < 4.78 is 10.9. The third-order valence-corrected chi connectivity index (χ3v) is 5.17. The van der Waals surface area contributed by atoms with Crippen LogP contribution in [0.3, 0.4) is 0 Å². The van der Waals surface area contributed by atoms with Crippen LogP contribution < -0.4 is 10.1 Å². The Balaban J connectivity index is 2.48. The molecule has 2 aromatic rings. The molecular weight excluding hydrogens is 394 g/mol. The van der Waals surface area contributed by atoms with Crippen LogP contribution in [0, 0.1) is 11.3 Å². The number of nitrogens with one attached hydrogen (secondary N) is 1. The monoisotopic (exact) mass is 425 g/mol. The van der Waals surface area contributed by atoms with Crippen LogP contribution in [-0.4, -0.2) is 49.9 Å². The number of aliphatic carboxylic acids is 1. The Labute approximate surface area is 184 Å². The maximum absolute atomic E-state index is 12.5. The summed E-state index contributed by atoms with van der Waals surface area (Å²) in [6, 6.07) is 14.5. The summed E-state index contributed by atoms with van der Waals surface area (Å²) in [5, 5.41) is 22.5. The fourth-order valence-corrected chi connectivity index (χ4v) is 3.45. The van der Waals surface area contributed by atoms with Gasteiger partial charge in [-0.1, -0.05) is 13.0 Å². The molecule has 0 aliphatic rings. The van der Waals surface area contributed by atoms with Gasteiger partial charge in [-0.15, -0.1) is 0 Å². The molecule has 0 radical (unpaired) electrons. The molecule has 7 heteroatoms. The van der Waals surface area contributed by atoms with E-state index in [0.717, 1.165) is 12.1 Å². The lowest BCUT2D eigenvalue weighted by Gasteiger charge is -2.32. The minimum Gasteiger partial charge on any atom is -0.494 e. The maximum atomic E-state index is 12.5. The fourth-order valence-electron chi connectivity index (χ4n) is 3.45. The lowest BCUT2D eigenvalue weighted by atomic mass is 9.85. The first-order valence-corrected chi connectivity index (χ1v) is 10.3. The summed E-state index contributed by atoms with van der Waals surface area (Å²) in [6.07, 6.45) is 0.316. The Morgan fingerprint density at radius 1 is 1.23 bits per heavy atom. The highest BCUT2D eigenvalue weighted by atomic mass is 16.5. The summed E-state index contributed by atoms with van der Waals surface area (Å²) in [6.45, 7) is 6.22. The summed E-state index contributed by atoms with van der Waals surface area (Å²) in [5.41, 5.74) is 1.38. The molecule has 1 atom stereocenters. The number of anilines is 1. The van der Waals surface area contributed by atoms with Crippen LogP contribution in [0.5, 0.6) is 5.75 Å². The van der Waals surface area contributed by atoms with Gasteiger partial charge in [0.25, 0.3) is 0 Å². The molecule has 0 spiro atoms. The molecule has 0 aromatic heterocycles. The summed E-state index contributed by atoms with van der Waals surface area (Å²) in [7, 11) is 3.66. The van der Waals surface area contributed by atoms with Gasteiger partial charge >= 0.3 is 5.97 Å². The summed E-state index contributed by atoms with van der Waals surface area (Å²) in [5.74, 6) is -0.345. The van der Waals surface area contributed by atoms with Crippen LogP contribution in [0.1, 0.15) is 37.0 Å². The molecular formula is C24H31N3O4. The van der Waals surface area contributed by atoms with Crippen molar-refractivity contribution in [2.75, 3.05) is 39.2 Å². The summed E-state index contributed by atoms with van der Waals surface area (Å²) >= 11 is 0. The third-order valence-electron chi connectivity index (χ3n) is 5.17. The van der Waals surface area contributed by atoms with Crippen molar-refractivity contribution < 1.29 is 19.4 Å². The molecule has 0 saturated carbocycles. The number of rotatable bonds is 12. The Bertz CT molecular complexity index is 908. The van der Waals surface area contributed by atoms with Gasteiger partial charge in [0.2, 0.25) is 0 Å². The number of hydrogen-bond donors (Lipinski definition) is 2. The van der Waals surface area contributed by atoms with Crippen LogP contribution >= 0.6 is 0 Å². The van der Waals surface area contributed by atoms with Gasteiger partial charge in [0.15, 0.2) is 5.54 Å². The van der Waals surface area contributed by atoms with Crippen molar-refractivity contribution in [3.8, 4) is 11.8 Å². The molecule has 166 valence electrons. The van der Waals surface area contributed by atoms with Crippen molar-refractivity contribution in [3.63, 3.8) is 0 Å². The van der Waals surface area contributed by atoms with Gasteiger partial charge in [-0.3, -0.25) is 4.90 Å². The minimum atomic E-state index is -1.35. The Kier molecular flexibility index (Phi) is 8.86. The number of benzene rings is 2. The van der Waals surface area contributed by atoms with E-state index < -0.39 is 11.5 Å². The van der Waals surface area contributed by atoms with E-state index in [1.807, 2.05) is 33.0 Å². The largest absolute Gasteiger partial charge is 0.494 e. The molecule has 0 bridgehead atoms. The zero-order valence-electron chi connectivity index (χ0n) is 18.6. The van der Waals surface area contributed by atoms with Gasteiger partial charge in [0.05, 0.1) is 24.8 Å². The molecule has 0 fully saturated rings. The highest BCUT2D eigenvalue weighted by Crippen LogP contribution is 2.34. The fraction of sp³-hybridized carbons (Fsp3) is 0.417. The van der Waals surface area contributed by atoms with Crippen LogP contribution in [0.15, 0.2) is 42.5 Å². The van der Waals surface area contributed by atoms with Crippen molar-refractivity contribution >= 4 is 11.7 Å². The maximum Gasteiger partial charge on any atom is 0.334 e. The van der Waals surface area contributed by atoms with Crippen molar-refractivity contribution in [1.82, 2.24) is 4.90 Å². The number of likely N-dealkylation sites (N-methyl/N-ethyl adjacent to an activating group) is 1. The van der Waals surface area contributed by atoms with Crippen molar-refractivity contribution in [2.24, 2.45) is 0 Å². The summed E-state index contributed by atoms with van der Waals surface area (Å²) in [4.78, 5) is 14.7. The van der Waals surface area contributed by atoms with E-state index >= 15 is 0 Å². The van der Waals surface area contributed by atoms with Crippen molar-refractivity contribution in [1.29, 1.82) is 5.26 Å². The molecule has 2 aromatic carbocycles. The van der Waals surface area contributed by atoms with Gasteiger partial charge in [0.1, 0.15) is 5.75 Å². The molecule has 1 unspecified atom stereocenters. The molecule has 7 nitrogen and oxygen atoms in total. The molecule has 2 N–H and O–H groups in total. The van der Waals surface area contributed by atoms with Gasteiger partial charge in [-0.25, -0.2) is 4.79 Å². The highest BCUT2D eigenvalue weighted by Gasteiger charge is 2.39. The predicted octanol–water partition coefficient (Wildman–Crippen LogP) is 3.84. The smallest absolute Gasteiger partial charge is 0.334 e. The second-order valence-electron chi connectivity index (χ2n) is 7.41. The average Bonchev–Trinajstić information content (AvgIpc) is 2.76. The topological polar surface area (TPSA) is 94.8 Å². The number of carbonyl (C=O) groups is 1. The first-order valence-electron chi connectivity index (χ1n) is 10.3. The quantitative estimate of drug-likeness (QED) is 0.533. The number of ether oxygens (including phenoxy) is 2. The second kappa shape index (κ2) is 11.3. The number of carboxylic acid groups (broad SMARTS) is 1. The second-order valence-corrected chi connectivity index (χ2v) is 7.41. The van der Waals surface area contributed by atoms with E-state index in [4.69, 9.17) is 14.7 Å². The lowest BCUT2D eigenvalue weighted by Crippen LogP contribution is -2.43. The molecule has 0 aliphatic heterocycles. The third kappa shape index (κ3) is 6.20. The minimum absolute atomic E-state index is 0.316. The number of hydrogen-bond acceptors (Lipinski definition) is 6. The van der Waals surface area contributed by atoms with Crippen molar-refractivity contribution in [2.45, 2.75) is 32.4 Å². The van der Waals surface area contributed by atoms with Crippen LogP contribution in [-0.2, 0) is 21.6 Å². The van der Waals surface area contributed by atoms with Crippen LogP contribution in [0.4, 0.5) is 5.69 Å². The zero-order chi connectivity index (χ0) is 22.9. The Morgan fingerprint density at radius 2 is 1.94 bits per heavy atom. The van der Waals surface area contributed by atoms with Crippen LogP contribution in [0.2, 0.25) is 0 Å². The Hall–Kier alpha value is -3.08. The normalized spacial score (nSPS) is 12.8. The molecule has 0 aliphatic carbocycles. The van der Waals surface area contributed by atoms with Crippen LogP contribution in [0.25, 0.3) is 0 Å². The van der Waals surface area contributed by atoms with Gasteiger partial charge < -0.3 is 19.9 Å². The highest BCUT2D eigenvalue weighted by molar-refractivity contribution is 5.85. The van der Waals surface area contributed by atoms with E-state index in [0.29, 0.717) is 48.7 Å². The van der Waals surface area contributed by atoms with E-state index in [1.165, 1.54) is 0 Å². The van der Waals surface area contributed by atoms with E-state index in [2.05, 4.69) is 16.3 Å². The standard InChI is InChI=1S/C24H31N3O4/c1-5-24(23(28)29,26-21-9-7-18(16-25)8-10-21)20-13-19(14-22(15-20)31-6-2)17-27(3)11-12-30-4/h7-10,13-15,26H,5-6,11-12,17H2,1-4H3,(H,28,29).